The van der Waals surface area contributed by atoms with Crippen LogP contribution in [0.5, 0.6) is 0 Å². The summed E-state index contributed by atoms with van der Waals surface area (Å²) in [5, 5.41) is 35.8. The molecule has 0 spiro atoms. The van der Waals surface area contributed by atoms with Crippen molar-refractivity contribution < 1.29 is 53.4 Å². The van der Waals surface area contributed by atoms with E-state index in [-0.39, 0.29) is 30.6 Å². The molecule has 1 heterocycles. The summed E-state index contributed by atoms with van der Waals surface area (Å²) < 4.78 is 23.5. The molecule has 9 atom stereocenters. The predicted molar refractivity (Wildman–Crippen MR) is 145 cm³/mol. The molecule has 0 radical (unpaired) electrons. The molecule has 4 aliphatic rings. The first kappa shape index (κ1) is 30.3. The lowest BCUT2D eigenvalue weighted by atomic mass is 9.44. The molecule has 1 saturated heterocycles. The quantitative estimate of drug-likeness (QED) is 0.267. The first-order valence-corrected chi connectivity index (χ1v) is 14.1. The van der Waals surface area contributed by atoms with Crippen molar-refractivity contribution >= 4 is 23.7 Å². The fourth-order valence-electron chi connectivity index (χ4n) is 7.91. The van der Waals surface area contributed by atoms with Crippen LogP contribution in [0.3, 0.4) is 0 Å². The molecular formula is C31H38O11. The van der Waals surface area contributed by atoms with E-state index in [0.717, 1.165) is 6.92 Å². The van der Waals surface area contributed by atoms with Crippen LogP contribution < -0.4 is 0 Å². The van der Waals surface area contributed by atoms with Crippen molar-refractivity contribution in [3.63, 3.8) is 0 Å². The van der Waals surface area contributed by atoms with E-state index in [1.165, 1.54) is 26.0 Å². The Labute approximate surface area is 243 Å². The first-order valence-electron chi connectivity index (χ1n) is 14.1. The Morgan fingerprint density at radius 3 is 2.19 bits per heavy atom. The van der Waals surface area contributed by atoms with Gasteiger partial charge in [-0.3, -0.25) is 14.4 Å². The zero-order valence-corrected chi connectivity index (χ0v) is 24.6. The highest BCUT2D eigenvalue weighted by Crippen LogP contribution is 2.64. The van der Waals surface area contributed by atoms with Crippen molar-refractivity contribution in [3.05, 3.63) is 47.0 Å². The molecule has 3 N–H and O–H groups in total. The highest BCUT2D eigenvalue weighted by Gasteiger charge is 2.78. The van der Waals surface area contributed by atoms with Gasteiger partial charge in [0.2, 0.25) is 0 Å². The molecule has 2 saturated carbocycles. The Kier molecular flexibility index (Phi) is 7.20. The minimum Gasteiger partial charge on any atom is -0.455 e. The number of ether oxygens (including phenoxy) is 4. The van der Waals surface area contributed by atoms with E-state index in [0.29, 0.717) is 5.57 Å². The van der Waals surface area contributed by atoms with Crippen LogP contribution in [-0.2, 0) is 33.3 Å². The van der Waals surface area contributed by atoms with Crippen LogP contribution in [0.2, 0.25) is 0 Å². The van der Waals surface area contributed by atoms with Gasteiger partial charge >= 0.3 is 17.9 Å². The Morgan fingerprint density at radius 1 is 1.00 bits per heavy atom. The van der Waals surface area contributed by atoms with Gasteiger partial charge in [-0.05, 0) is 37.1 Å². The molecule has 0 unspecified atom stereocenters. The number of rotatable bonds is 4. The van der Waals surface area contributed by atoms with Crippen molar-refractivity contribution in [2.45, 2.75) is 96.1 Å². The summed E-state index contributed by atoms with van der Waals surface area (Å²) in [7, 11) is 0. The number of fused-ring (bicyclic) bond motifs is 5. The van der Waals surface area contributed by atoms with Gasteiger partial charge in [-0.15, -0.1) is 0 Å². The van der Waals surface area contributed by atoms with Crippen molar-refractivity contribution in [1.82, 2.24) is 0 Å². The Morgan fingerprint density at radius 2 is 1.64 bits per heavy atom. The predicted octanol–water partition coefficient (Wildman–Crippen LogP) is 1.65. The lowest BCUT2D eigenvalue weighted by Gasteiger charge is -2.67. The van der Waals surface area contributed by atoms with E-state index in [2.05, 4.69) is 0 Å². The minimum absolute atomic E-state index is 0.110. The van der Waals surface area contributed by atoms with Crippen molar-refractivity contribution in [2.24, 2.45) is 16.7 Å². The topological polar surface area (TPSA) is 166 Å². The second-order valence-corrected chi connectivity index (χ2v) is 12.8. The molecule has 0 amide bonds. The second-order valence-electron chi connectivity index (χ2n) is 12.8. The summed E-state index contributed by atoms with van der Waals surface area (Å²) in [6.45, 7) is 8.42. The van der Waals surface area contributed by atoms with Gasteiger partial charge in [0.15, 0.2) is 17.5 Å². The van der Waals surface area contributed by atoms with Crippen LogP contribution >= 0.6 is 0 Å². The normalized spacial score (nSPS) is 40.4. The first-order chi connectivity index (χ1) is 19.5. The van der Waals surface area contributed by atoms with Crippen molar-refractivity contribution in [1.29, 1.82) is 0 Å². The van der Waals surface area contributed by atoms with Crippen LogP contribution in [0, 0.1) is 16.7 Å². The average molecular weight is 587 g/mol. The lowest BCUT2D eigenvalue weighted by Crippen LogP contribution is -2.81. The number of carbonyl (C=O) groups is 4. The summed E-state index contributed by atoms with van der Waals surface area (Å²) in [5.74, 6) is -4.41. The van der Waals surface area contributed by atoms with E-state index < -0.39 is 82.2 Å². The summed E-state index contributed by atoms with van der Waals surface area (Å²) >= 11 is 0. The Balaban J connectivity index is 1.84. The van der Waals surface area contributed by atoms with Crippen LogP contribution in [0.1, 0.15) is 64.7 Å². The van der Waals surface area contributed by atoms with E-state index in [4.69, 9.17) is 18.9 Å². The average Bonchev–Trinajstić information content (AvgIpc) is 2.90. The van der Waals surface area contributed by atoms with Crippen molar-refractivity contribution in [3.8, 4) is 0 Å². The van der Waals surface area contributed by atoms with Gasteiger partial charge in [0, 0.05) is 32.1 Å². The molecule has 1 aromatic carbocycles. The number of aliphatic hydroxyl groups excluding tert-OH is 2. The SMILES string of the molecule is CC(=O)O[C@@H]1C(=O)[C@]2(C)[C@H](O)C[C@@H]3OC[C@]3(OC(C)=O)[C@@H]2[C@@H](OC(=O)c2ccccc2)[C@@]2(O)C[C@@H](O)C(C)=C1C2(C)C. The highest BCUT2D eigenvalue weighted by atomic mass is 16.6. The molecule has 0 aromatic heterocycles. The molecule has 42 heavy (non-hydrogen) atoms. The van der Waals surface area contributed by atoms with Crippen LogP contribution in [0.4, 0.5) is 0 Å². The van der Waals surface area contributed by atoms with Gasteiger partial charge in [0.1, 0.15) is 17.8 Å². The third kappa shape index (κ3) is 4.08. The standard InChI is InChI=1S/C31H38O11/c1-15-19(34)13-31(38)26(41-27(37)18-10-8-7-9-11-18)24-29(6,20(35)12-21-30(24,14-39-21)42-17(3)33)25(36)23(40-16(2)32)22(15)28(31,4)5/h7-11,19-21,23-24,26,34-35,38H,12-14H2,1-6H3/t19-,20-,21+,23+,24-,26-,29-,30-,31+/m1/s1. The van der Waals surface area contributed by atoms with E-state index >= 15 is 0 Å². The number of carbonyl (C=O) groups excluding carboxylic acids is 4. The molecule has 228 valence electrons. The molecule has 5 rings (SSSR count). The third-order valence-corrected chi connectivity index (χ3v) is 10.2. The van der Waals surface area contributed by atoms with Gasteiger partial charge in [-0.1, -0.05) is 32.0 Å². The summed E-state index contributed by atoms with van der Waals surface area (Å²) in [6, 6.07) is 8.05. The Bertz CT molecular complexity index is 1350. The number of hydrogen-bond donors (Lipinski definition) is 3. The maximum Gasteiger partial charge on any atom is 0.338 e. The molecule has 2 bridgehead atoms. The molecule has 1 aliphatic heterocycles. The summed E-state index contributed by atoms with van der Waals surface area (Å²) in [5.41, 5.74) is -6.38. The van der Waals surface area contributed by atoms with E-state index in [1.807, 2.05) is 0 Å². The Hall–Kier alpha value is -3.12. The fourth-order valence-corrected chi connectivity index (χ4v) is 7.91. The van der Waals surface area contributed by atoms with Gasteiger partial charge in [0.25, 0.3) is 0 Å². The van der Waals surface area contributed by atoms with Gasteiger partial charge in [0.05, 0.1) is 35.7 Å². The zero-order chi connectivity index (χ0) is 31.0. The number of esters is 3. The monoisotopic (exact) mass is 586 g/mol. The van der Waals surface area contributed by atoms with Gasteiger partial charge in [-0.25, -0.2) is 4.79 Å². The van der Waals surface area contributed by atoms with E-state index in [1.54, 1.807) is 39.0 Å². The molecule has 11 heteroatoms. The fraction of sp³-hybridized carbons (Fsp3) is 0.613. The van der Waals surface area contributed by atoms with Crippen LogP contribution in [0.25, 0.3) is 0 Å². The number of aliphatic hydroxyl groups is 3. The lowest BCUT2D eigenvalue weighted by molar-refractivity contribution is -0.345. The van der Waals surface area contributed by atoms with Crippen LogP contribution in [-0.4, -0.2) is 87.3 Å². The third-order valence-electron chi connectivity index (χ3n) is 10.2. The van der Waals surface area contributed by atoms with Crippen molar-refractivity contribution in [2.75, 3.05) is 6.61 Å². The number of Topliss-reactive ketones (excluding diaryl/α,β-unsaturated/α-hetero) is 1. The molecule has 1 aromatic rings. The minimum atomic E-state index is -2.11. The van der Waals surface area contributed by atoms with Gasteiger partial charge < -0.3 is 34.3 Å². The molecule has 3 aliphatic carbocycles. The number of benzene rings is 1. The van der Waals surface area contributed by atoms with Gasteiger partial charge in [-0.2, -0.15) is 0 Å². The summed E-state index contributed by atoms with van der Waals surface area (Å²) in [4.78, 5) is 53.4. The maximum atomic E-state index is 14.8. The smallest absolute Gasteiger partial charge is 0.338 e. The maximum absolute atomic E-state index is 14.8. The number of ketones is 1. The second kappa shape index (κ2) is 9.97. The highest BCUT2D eigenvalue weighted by molar-refractivity contribution is 5.95. The zero-order valence-electron chi connectivity index (χ0n) is 24.6. The molecular weight excluding hydrogens is 548 g/mol. The van der Waals surface area contributed by atoms with E-state index in [9.17, 15) is 34.5 Å². The van der Waals surface area contributed by atoms with Crippen LogP contribution in [0.15, 0.2) is 41.5 Å². The largest absolute Gasteiger partial charge is 0.455 e. The molecule has 11 nitrogen and oxygen atoms in total. The summed E-state index contributed by atoms with van der Waals surface area (Å²) in [6.07, 6.45) is -7.27. The number of hydrogen-bond acceptors (Lipinski definition) is 11. The molecule has 3 fully saturated rings.